The molecule has 1 aromatic carbocycles. The van der Waals surface area contributed by atoms with Gasteiger partial charge in [0.2, 0.25) is 17.4 Å². The second-order valence-corrected chi connectivity index (χ2v) is 8.27. The number of nitriles is 1. The molecule has 0 N–H and O–H groups in total. The maximum atomic E-state index is 13.0. The van der Waals surface area contributed by atoms with Crippen molar-refractivity contribution in [3.8, 4) is 17.6 Å². The summed E-state index contributed by atoms with van der Waals surface area (Å²) in [6.45, 7) is 1.67. The van der Waals surface area contributed by atoms with E-state index in [2.05, 4.69) is 15.1 Å². The van der Waals surface area contributed by atoms with Gasteiger partial charge in [-0.3, -0.25) is 4.40 Å². The number of aromatic nitrogens is 5. The molecular weight excluding hydrogens is 400 g/mol. The fraction of sp³-hybridized carbons (Fsp3) is 0.278. The predicted molar refractivity (Wildman–Crippen MR) is 104 cm³/mol. The van der Waals surface area contributed by atoms with Crippen molar-refractivity contribution in [3.63, 3.8) is 0 Å². The molecule has 5 rings (SSSR count). The Morgan fingerprint density at radius 2 is 2.32 bits per heavy atom. The van der Waals surface area contributed by atoms with Gasteiger partial charge in [-0.1, -0.05) is 16.8 Å². The number of nitrogens with zero attached hydrogens (tertiary/aromatic N) is 6. The molecule has 3 aromatic heterocycles. The number of benzene rings is 1. The van der Waals surface area contributed by atoms with Crippen LogP contribution in [-0.2, 0) is 0 Å². The monoisotopic (exact) mass is 412 g/mol. The summed E-state index contributed by atoms with van der Waals surface area (Å²) in [4.78, 5) is 8.96. The van der Waals surface area contributed by atoms with Crippen LogP contribution in [-0.4, -0.2) is 25.3 Å². The van der Waals surface area contributed by atoms with E-state index in [1.165, 1.54) is 0 Å². The van der Waals surface area contributed by atoms with Crippen LogP contribution < -0.4 is 4.73 Å². The summed E-state index contributed by atoms with van der Waals surface area (Å²) in [7, 11) is 0. The standard InChI is InChI=1S/C18H13ClN6O2S/c1-9-15-14(17-22-18(27-23-17)13-3-2-6-28-13)21-8-24(15)12-5-4-11(19)10(7-20)16(12)25(9)26/h4-5,8,13H,2-3,6H2,1H3. The van der Waals surface area contributed by atoms with Gasteiger partial charge in [0.1, 0.15) is 34.7 Å². The third kappa shape index (κ3) is 2.38. The van der Waals surface area contributed by atoms with Crippen molar-refractivity contribution in [3.05, 3.63) is 45.8 Å². The van der Waals surface area contributed by atoms with Gasteiger partial charge in [-0.2, -0.15) is 15.0 Å². The Bertz CT molecular complexity index is 1290. The van der Waals surface area contributed by atoms with Crippen LogP contribution in [0, 0.1) is 23.5 Å². The lowest BCUT2D eigenvalue weighted by atomic mass is 10.1. The van der Waals surface area contributed by atoms with Crippen molar-refractivity contribution < 1.29 is 9.25 Å². The zero-order valence-corrected chi connectivity index (χ0v) is 16.3. The van der Waals surface area contributed by atoms with Gasteiger partial charge in [-0.15, -0.1) is 11.8 Å². The van der Waals surface area contributed by atoms with E-state index < -0.39 is 0 Å². The normalized spacial score (nSPS) is 16.8. The molecule has 0 saturated carbocycles. The summed E-state index contributed by atoms with van der Waals surface area (Å²) < 4.78 is 7.93. The van der Waals surface area contributed by atoms with E-state index in [0.29, 0.717) is 38.9 Å². The minimum atomic E-state index is 0.134. The Morgan fingerprint density at radius 1 is 1.46 bits per heavy atom. The van der Waals surface area contributed by atoms with Gasteiger partial charge in [-0.05, 0) is 30.7 Å². The van der Waals surface area contributed by atoms with Crippen LogP contribution in [0.25, 0.3) is 28.1 Å². The molecule has 4 aromatic rings. The number of hydrogen-bond acceptors (Lipinski definition) is 7. The topological polar surface area (TPSA) is 107 Å². The third-order valence-electron chi connectivity index (χ3n) is 4.95. The molecule has 1 atom stereocenters. The van der Waals surface area contributed by atoms with Gasteiger partial charge in [-0.25, -0.2) is 4.98 Å². The Hall–Kier alpha value is -2.83. The Kier molecular flexibility index (Phi) is 3.92. The predicted octanol–water partition coefficient (Wildman–Crippen LogP) is 3.57. The Labute approximate surface area is 168 Å². The molecule has 0 radical (unpaired) electrons. The summed E-state index contributed by atoms with van der Waals surface area (Å²) >= 11 is 7.91. The van der Waals surface area contributed by atoms with E-state index in [0.717, 1.165) is 18.6 Å². The van der Waals surface area contributed by atoms with E-state index in [9.17, 15) is 10.5 Å². The Morgan fingerprint density at radius 3 is 3.07 bits per heavy atom. The van der Waals surface area contributed by atoms with E-state index in [1.807, 2.05) is 6.07 Å². The molecule has 1 saturated heterocycles. The van der Waals surface area contributed by atoms with E-state index in [4.69, 9.17) is 16.1 Å². The van der Waals surface area contributed by atoms with Crippen molar-refractivity contribution in [2.24, 2.45) is 0 Å². The highest BCUT2D eigenvalue weighted by Gasteiger charge is 2.28. The van der Waals surface area contributed by atoms with Gasteiger partial charge < -0.3 is 9.73 Å². The van der Waals surface area contributed by atoms with E-state index >= 15 is 0 Å². The SMILES string of the molecule is Cc1c2c(-c3noc(C4CCCS4)n3)ncn2c2ccc(Cl)c(C#N)c2[n+]1[O-]. The average Bonchev–Trinajstić information content (AvgIpc) is 3.45. The van der Waals surface area contributed by atoms with Crippen LogP contribution in [0.3, 0.4) is 0 Å². The van der Waals surface area contributed by atoms with E-state index in [-0.39, 0.29) is 21.4 Å². The van der Waals surface area contributed by atoms with E-state index in [1.54, 1.807) is 41.5 Å². The first-order chi connectivity index (χ1) is 13.6. The second kappa shape index (κ2) is 6.36. The summed E-state index contributed by atoms with van der Waals surface area (Å²) in [5.41, 5.74) is 2.29. The molecule has 28 heavy (non-hydrogen) atoms. The molecule has 1 fully saturated rings. The van der Waals surface area contributed by atoms with Crippen LogP contribution in [0.1, 0.15) is 35.2 Å². The molecule has 0 aliphatic carbocycles. The molecular formula is C18H13ClN6O2S. The molecule has 140 valence electrons. The van der Waals surface area contributed by atoms with Crippen molar-refractivity contribution in [1.82, 2.24) is 19.5 Å². The number of fused-ring (bicyclic) bond motifs is 3. The average molecular weight is 413 g/mol. The largest absolute Gasteiger partial charge is 0.618 e. The minimum Gasteiger partial charge on any atom is -0.618 e. The first kappa shape index (κ1) is 17.3. The quantitative estimate of drug-likeness (QED) is 0.365. The van der Waals surface area contributed by atoms with Gasteiger partial charge >= 0.3 is 0 Å². The lowest BCUT2D eigenvalue weighted by Gasteiger charge is -2.10. The summed E-state index contributed by atoms with van der Waals surface area (Å²) in [6.07, 6.45) is 3.74. The number of thioether (sulfide) groups is 1. The van der Waals surface area contributed by atoms with Gasteiger partial charge in [0, 0.05) is 6.92 Å². The number of rotatable bonds is 2. The van der Waals surface area contributed by atoms with Crippen molar-refractivity contribution >= 4 is 39.9 Å². The maximum absolute atomic E-state index is 13.0. The molecule has 8 nitrogen and oxygen atoms in total. The van der Waals surface area contributed by atoms with Crippen LogP contribution in [0.5, 0.6) is 0 Å². The number of hydrogen-bond donors (Lipinski definition) is 0. The fourth-order valence-corrected chi connectivity index (χ4v) is 4.99. The van der Waals surface area contributed by atoms with Crippen LogP contribution in [0.15, 0.2) is 23.0 Å². The fourth-order valence-electron chi connectivity index (χ4n) is 3.60. The van der Waals surface area contributed by atoms with Gasteiger partial charge in [0.15, 0.2) is 0 Å². The van der Waals surface area contributed by atoms with Crippen LogP contribution >= 0.6 is 23.4 Å². The Balaban J connectivity index is 1.76. The van der Waals surface area contributed by atoms with Crippen molar-refractivity contribution in [2.75, 3.05) is 5.75 Å². The number of imidazole rings is 1. The van der Waals surface area contributed by atoms with Gasteiger partial charge in [0.05, 0.1) is 10.3 Å². The molecule has 1 unspecified atom stereocenters. The van der Waals surface area contributed by atoms with Crippen LogP contribution in [0.2, 0.25) is 5.02 Å². The molecule has 1 aliphatic rings. The molecule has 1 aliphatic heterocycles. The van der Waals surface area contributed by atoms with Crippen molar-refractivity contribution in [2.45, 2.75) is 25.0 Å². The molecule has 0 bridgehead atoms. The smallest absolute Gasteiger partial charge is 0.260 e. The first-order valence-corrected chi connectivity index (χ1v) is 10.1. The lowest BCUT2D eigenvalue weighted by Crippen LogP contribution is -2.33. The highest BCUT2D eigenvalue weighted by molar-refractivity contribution is 7.99. The second-order valence-electron chi connectivity index (χ2n) is 6.55. The number of halogens is 1. The molecule has 10 heteroatoms. The first-order valence-electron chi connectivity index (χ1n) is 8.67. The summed E-state index contributed by atoms with van der Waals surface area (Å²) in [5, 5.41) is 27.0. The summed E-state index contributed by atoms with van der Waals surface area (Å²) in [6, 6.07) is 5.31. The maximum Gasteiger partial charge on any atom is 0.260 e. The summed E-state index contributed by atoms with van der Waals surface area (Å²) in [5.74, 6) is 2.02. The van der Waals surface area contributed by atoms with Gasteiger partial charge in [0.25, 0.3) is 5.52 Å². The number of aryl methyl sites for hydroxylation is 1. The zero-order valence-electron chi connectivity index (χ0n) is 14.7. The highest BCUT2D eigenvalue weighted by atomic mass is 35.5. The minimum absolute atomic E-state index is 0.134. The lowest BCUT2D eigenvalue weighted by molar-refractivity contribution is -0.583. The molecule has 0 spiro atoms. The molecule has 4 heterocycles. The highest BCUT2D eigenvalue weighted by Crippen LogP contribution is 2.39. The third-order valence-corrected chi connectivity index (χ3v) is 6.63. The van der Waals surface area contributed by atoms with Crippen LogP contribution in [0.4, 0.5) is 0 Å². The molecule has 0 amide bonds. The zero-order chi connectivity index (χ0) is 19.4. The van der Waals surface area contributed by atoms with Crippen molar-refractivity contribution in [1.29, 1.82) is 5.26 Å².